The molecule has 138 valence electrons. The van der Waals surface area contributed by atoms with Crippen molar-refractivity contribution in [2.24, 2.45) is 5.73 Å². The molecular weight excluding hydrogens is 366 g/mol. The lowest BCUT2D eigenvalue weighted by Crippen LogP contribution is -2.29. The van der Waals surface area contributed by atoms with Crippen LogP contribution in [0.3, 0.4) is 0 Å². The number of halogens is 1. The minimum atomic E-state index is -3.66. The van der Waals surface area contributed by atoms with E-state index < -0.39 is 15.9 Å². The molecule has 1 amide bonds. The summed E-state index contributed by atoms with van der Waals surface area (Å²) < 4.78 is 32.0. The monoisotopic (exact) mass is 387 g/mol. The molecule has 7 nitrogen and oxygen atoms in total. The third kappa shape index (κ3) is 5.30. The summed E-state index contributed by atoms with van der Waals surface area (Å²) in [5, 5.41) is 2.64. The van der Waals surface area contributed by atoms with Gasteiger partial charge in [0, 0.05) is 25.2 Å². The van der Waals surface area contributed by atoms with E-state index in [1.165, 1.54) is 12.1 Å². The van der Waals surface area contributed by atoms with Crippen LogP contribution in [0.2, 0.25) is 0 Å². The van der Waals surface area contributed by atoms with Crippen molar-refractivity contribution in [1.29, 1.82) is 0 Å². The zero-order chi connectivity index (χ0) is 17.7. The van der Waals surface area contributed by atoms with E-state index >= 15 is 0 Å². The molecule has 25 heavy (non-hydrogen) atoms. The van der Waals surface area contributed by atoms with Gasteiger partial charge in [0.05, 0.1) is 4.90 Å². The molecule has 0 radical (unpaired) electrons. The summed E-state index contributed by atoms with van der Waals surface area (Å²) in [6, 6.07) is 7.65. The highest BCUT2D eigenvalue weighted by molar-refractivity contribution is 7.89. The van der Waals surface area contributed by atoms with Crippen LogP contribution >= 0.6 is 12.4 Å². The Morgan fingerprint density at radius 2 is 2.00 bits per heavy atom. The minimum absolute atomic E-state index is 0. The van der Waals surface area contributed by atoms with Crippen LogP contribution < -0.4 is 15.8 Å². The van der Waals surface area contributed by atoms with Gasteiger partial charge in [-0.3, -0.25) is 4.79 Å². The topological polar surface area (TPSA) is 114 Å². The number of carbonyl (C=O) groups is 1. The number of amides is 1. The summed E-state index contributed by atoms with van der Waals surface area (Å²) in [4.78, 5) is 12.3. The number of hydrogen-bond acceptors (Lipinski definition) is 5. The lowest BCUT2D eigenvalue weighted by molar-refractivity contribution is 0.0995. The number of benzene rings is 1. The molecule has 9 heteroatoms. The highest BCUT2D eigenvalue weighted by atomic mass is 35.5. The van der Waals surface area contributed by atoms with Gasteiger partial charge in [-0.25, -0.2) is 13.1 Å². The van der Waals surface area contributed by atoms with Gasteiger partial charge < -0.3 is 15.5 Å². The van der Waals surface area contributed by atoms with Gasteiger partial charge >= 0.3 is 0 Å². The highest BCUT2D eigenvalue weighted by Crippen LogP contribution is 2.19. The molecule has 2 rings (SSSR count). The minimum Gasteiger partial charge on any atom is -0.456 e. The van der Waals surface area contributed by atoms with E-state index in [1.807, 2.05) is 13.8 Å². The van der Waals surface area contributed by atoms with Crippen LogP contribution in [-0.4, -0.2) is 27.4 Å². The average molecular weight is 388 g/mol. The lowest BCUT2D eigenvalue weighted by Gasteiger charge is -2.08. The van der Waals surface area contributed by atoms with Crippen molar-refractivity contribution in [3.8, 4) is 0 Å². The van der Waals surface area contributed by atoms with Gasteiger partial charge in [0.25, 0.3) is 5.91 Å². The molecule has 0 unspecified atom stereocenters. The number of furan rings is 1. The van der Waals surface area contributed by atoms with Crippen molar-refractivity contribution in [3.05, 3.63) is 47.4 Å². The quantitative estimate of drug-likeness (QED) is 0.672. The number of hydrogen-bond donors (Lipinski definition) is 3. The molecule has 0 atom stereocenters. The maximum Gasteiger partial charge on any atom is 0.291 e. The first-order valence-corrected chi connectivity index (χ1v) is 9.06. The van der Waals surface area contributed by atoms with Crippen molar-refractivity contribution >= 4 is 34.0 Å². The number of nitrogens with two attached hydrogens (primary N) is 1. The van der Waals surface area contributed by atoms with E-state index in [0.717, 1.165) is 11.3 Å². The van der Waals surface area contributed by atoms with Crippen LogP contribution in [0.4, 0.5) is 5.69 Å². The largest absolute Gasteiger partial charge is 0.456 e. The Morgan fingerprint density at radius 3 is 2.60 bits per heavy atom. The Kier molecular flexibility index (Phi) is 7.62. The fourth-order valence-corrected chi connectivity index (χ4v) is 3.29. The normalized spacial score (nSPS) is 11.0. The summed E-state index contributed by atoms with van der Waals surface area (Å²) in [5.41, 5.74) is 6.58. The van der Waals surface area contributed by atoms with Crippen LogP contribution in [0.15, 0.2) is 39.6 Å². The first-order chi connectivity index (χ1) is 11.4. The van der Waals surface area contributed by atoms with Gasteiger partial charge in [-0.2, -0.15) is 0 Å². The number of nitrogens with one attached hydrogen (secondary N) is 2. The fourth-order valence-electron chi connectivity index (χ4n) is 2.19. The van der Waals surface area contributed by atoms with Gasteiger partial charge in [0.1, 0.15) is 5.76 Å². The molecule has 1 heterocycles. The highest BCUT2D eigenvalue weighted by Gasteiger charge is 2.16. The van der Waals surface area contributed by atoms with Gasteiger partial charge in [0.15, 0.2) is 5.76 Å². The van der Waals surface area contributed by atoms with Crippen molar-refractivity contribution in [3.63, 3.8) is 0 Å². The summed E-state index contributed by atoms with van der Waals surface area (Å²) in [7, 11) is -3.66. The lowest BCUT2D eigenvalue weighted by atomic mass is 10.2. The Hall–Kier alpha value is -1.87. The smallest absolute Gasteiger partial charge is 0.291 e. The predicted octanol–water partition coefficient (Wildman–Crippen LogP) is 2.06. The molecule has 1 aromatic carbocycles. The van der Waals surface area contributed by atoms with Crippen LogP contribution in [-0.2, 0) is 16.4 Å². The Labute approximate surface area is 153 Å². The van der Waals surface area contributed by atoms with Gasteiger partial charge in [-0.1, -0.05) is 13.0 Å². The van der Waals surface area contributed by atoms with Crippen molar-refractivity contribution < 1.29 is 17.6 Å². The summed E-state index contributed by atoms with van der Waals surface area (Å²) in [5.74, 6) is 0.517. The molecule has 0 bridgehead atoms. The van der Waals surface area contributed by atoms with E-state index in [0.29, 0.717) is 12.1 Å². The first kappa shape index (κ1) is 21.2. The second kappa shape index (κ2) is 9.00. The Bertz CT molecular complexity index is 834. The van der Waals surface area contributed by atoms with Crippen molar-refractivity contribution in [2.45, 2.75) is 25.2 Å². The Balaban J connectivity index is 0.00000312. The van der Waals surface area contributed by atoms with Crippen LogP contribution in [0.1, 0.15) is 28.8 Å². The van der Waals surface area contributed by atoms with Crippen molar-refractivity contribution in [1.82, 2.24) is 4.72 Å². The zero-order valence-corrected chi connectivity index (χ0v) is 15.7. The molecule has 0 fully saturated rings. The molecule has 0 aliphatic rings. The zero-order valence-electron chi connectivity index (χ0n) is 14.0. The molecule has 1 aromatic heterocycles. The maximum atomic E-state index is 12.2. The molecule has 0 aliphatic heterocycles. The number of anilines is 1. The van der Waals surface area contributed by atoms with Gasteiger partial charge in [0.2, 0.25) is 10.0 Å². The van der Waals surface area contributed by atoms with E-state index in [4.69, 9.17) is 10.2 Å². The molecule has 4 N–H and O–H groups in total. The van der Waals surface area contributed by atoms with Crippen LogP contribution in [0, 0.1) is 6.92 Å². The predicted molar refractivity (Wildman–Crippen MR) is 98.7 cm³/mol. The van der Waals surface area contributed by atoms with E-state index in [9.17, 15) is 13.2 Å². The summed E-state index contributed by atoms with van der Waals surface area (Å²) in [6.07, 6.45) is 0.694. The molecule has 0 spiro atoms. The number of rotatable bonds is 7. The molecule has 0 saturated heterocycles. The SMILES string of the molecule is CCc1oc(C(=O)Nc2cccc(S(=O)(=O)NCCN)c2)cc1C.Cl. The third-order valence-electron chi connectivity index (χ3n) is 3.40. The number of aryl methyl sites for hydroxylation is 2. The molecular formula is C16H22ClN3O4S. The standard InChI is InChI=1S/C16H21N3O4S.ClH/c1-3-14-11(2)9-15(23-14)16(20)19-12-5-4-6-13(10-12)24(21,22)18-8-7-17;/h4-6,9-10,18H,3,7-8,17H2,1-2H3,(H,19,20);1H. The van der Waals surface area contributed by atoms with Crippen molar-refractivity contribution in [2.75, 3.05) is 18.4 Å². The first-order valence-electron chi connectivity index (χ1n) is 7.58. The molecule has 2 aromatic rings. The van der Waals surface area contributed by atoms with Crippen LogP contribution in [0.5, 0.6) is 0 Å². The second-order valence-electron chi connectivity index (χ2n) is 5.24. The van der Waals surface area contributed by atoms with Crippen LogP contribution in [0.25, 0.3) is 0 Å². The Morgan fingerprint density at radius 1 is 1.28 bits per heavy atom. The van der Waals surface area contributed by atoms with Gasteiger partial charge in [-0.05, 0) is 36.8 Å². The summed E-state index contributed by atoms with van der Waals surface area (Å²) in [6.45, 7) is 4.16. The van der Waals surface area contributed by atoms with Gasteiger partial charge in [-0.15, -0.1) is 12.4 Å². The molecule has 0 saturated carbocycles. The fraction of sp³-hybridized carbons (Fsp3) is 0.312. The average Bonchev–Trinajstić information content (AvgIpc) is 2.94. The summed E-state index contributed by atoms with van der Waals surface area (Å²) >= 11 is 0. The third-order valence-corrected chi connectivity index (χ3v) is 4.86. The second-order valence-corrected chi connectivity index (χ2v) is 7.01. The maximum absolute atomic E-state index is 12.2. The van der Waals surface area contributed by atoms with E-state index in [-0.39, 0.29) is 36.2 Å². The van der Waals surface area contributed by atoms with E-state index in [1.54, 1.807) is 18.2 Å². The number of sulfonamides is 1. The van der Waals surface area contributed by atoms with E-state index in [2.05, 4.69) is 10.0 Å². The molecule has 0 aliphatic carbocycles. The number of carbonyl (C=O) groups excluding carboxylic acids is 1.